The molecule has 2 unspecified atom stereocenters. The first kappa shape index (κ1) is 13.6. The molecule has 18 heavy (non-hydrogen) atoms. The van der Waals surface area contributed by atoms with Gasteiger partial charge in [0.1, 0.15) is 5.82 Å². The van der Waals surface area contributed by atoms with E-state index in [-0.39, 0.29) is 0 Å². The lowest BCUT2D eigenvalue weighted by Crippen LogP contribution is -2.18. The highest BCUT2D eigenvalue weighted by molar-refractivity contribution is 5.06. The van der Waals surface area contributed by atoms with Gasteiger partial charge in [0.2, 0.25) is 0 Å². The zero-order valence-corrected chi connectivity index (χ0v) is 11.5. The standard InChI is InChI=1S/C14H25N3O/c1-11-4-3-5-12(8-11)14-16-10-13(17-14)9-15-6-7-18-2/h10-12,15H,3-9H2,1-2H3,(H,16,17). The molecule has 102 valence electrons. The Hall–Kier alpha value is -0.870. The number of hydrogen-bond donors (Lipinski definition) is 2. The molecule has 0 aromatic carbocycles. The predicted octanol–water partition coefficient (Wildman–Crippen LogP) is 2.44. The Bertz CT molecular complexity index is 351. The first-order valence-corrected chi connectivity index (χ1v) is 7.03. The monoisotopic (exact) mass is 251 g/mol. The molecule has 0 saturated heterocycles. The Labute approximate surface area is 110 Å². The molecule has 1 aromatic heterocycles. The van der Waals surface area contributed by atoms with Crippen molar-refractivity contribution in [3.8, 4) is 0 Å². The van der Waals surface area contributed by atoms with Crippen molar-refractivity contribution < 1.29 is 4.74 Å². The molecule has 1 aromatic rings. The maximum absolute atomic E-state index is 5.00. The van der Waals surface area contributed by atoms with E-state index in [0.29, 0.717) is 5.92 Å². The lowest BCUT2D eigenvalue weighted by atomic mass is 9.82. The Morgan fingerprint density at radius 3 is 3.17 bits per heavy atom. The summed E-state index contributed by atoms with van der Waals surface area (Å²) in [6.45, 7) is 4.83. The Morgan fingerprint density at radius 1 is 1.50 bits per heavy atom. The van der Waals surface area contributed by atoms with Crippen LogP contribution in [-0.2, 0) is 11.3 Å². The molecular formula is C14H25N3O. The largest absolute Gasteiger partial charge is 0.383 e. The van der Waals surface area contributed by atoms with E-state index >= 15 is 0 Å². The molecule has 1 fully saturated rings. The van der Waals surface area contributed by atoms with Crippen LogP contribution < -0.4 is 5.32 Å². The molecule has 0 bridgehead atoms. The summed E-state index contributed by atoms with van der Waals surface area (Å²) in [5.41, 5.74) is 1.18. The van der Waals surface area contributed by atoms with Gasteiger partial charge in [0.15, 0.2) is 0 Å². The van der Waals surface area contributed by atoms with Crippen molar-refractivity contribution >= 4 is 0 Å². The second-order valence-electron chi connectivity index (χ2n) is 5.43. The van der Waals surface area contributed by atoms with Gasteiger partial charge in [0.05, 0.1) is 6.61 Å². The molecular weight excluding hydrogens is 226 g/mol. The summed E-state index contributed by atoms with van der Waals surface area (Å²) in [6.07, 6.45) is 7.25. The maximum Gasteiger partial charge on any atom is 0.109 e. The average molecular weight is 251 g/mol. The van der Waals surface area contributed by atoms with Crippen LogP contribution in [0.15, 0.2) is 6.20 Å². The van der Waals surface area contributed by atoms with Crippen LogP contribution in [0.1, 0.15) is 50.0 Å². The summed E-state index contributed by atoms with van der Waals surface area (Å²) in [5.74, 6) is 2.67. The van der Waals surface area contributed by atoms with Crippen molar-refractivity contribution in [2.45, 2.75) is 45.1 Å². The van der Waals surface area contributed by atoms with Gasteiger partial charge in [-0.1, -0.05) is 19.8 Å². The fraction of sp³-hybridized carbons (Fsp3) is 0.786. The van der Waals surface area contributed by atoms with Crippen LogP contribution in [0, 0.1) is 5.92 Å². The number of nitrogens with zero attached hydrogens (tertiary/aromatic N) is 1. The van der Waals surface area contributed by atoms with Crippen LogP contribution in [0.2, 0.25) is 0 Å². The number of nitrogens with one attached hydrogen (secondary N) is 2. The van der Waals surface area contributed by atoms with Crippen LogP contribution in [0.3, 0.4) is 0 Å². The maximum atomic E-state index is 5.00. The molecule has 4 nitrogen and oxygen atoms in total. The Balaban J connectivity index is 1.81. The van der Waals surface area contributed by atoms with Gasteiger partial charge in [0, 0.05) is 38.0 Å². The first-order valence-electron chi connectivity index (χ1n) is 7.03. The van der Waals surface area contributed by atoms with Crippen LogP contribution >= 0.6 is 0 Å². The molecule has 1 aliphatic carbocycles. The second kappa shape index (κ2) is 6.90. The van der Waals surface area contributed by atoms with E-state index in [1.54, 1.807) is 7.11 Å². The fourth-order valence-electron chi connectivity index (χ4n) is 2.75. The molecule has 0 radical (unpaired) electrons. The number of aromatic nitrogens is 2. The highest BCUT2D eigenvalue weighted by atomic mass is 16.5. The second-order valence-corrected chi connectivity index (χ2v) is 5.43. The van der Waals surface area contributed by atoms with Crippen molar-refractivity contribution in [2.75, 3.05) is 20.3 Å². The Morgan fingerprint density at radius 2 is 2.39 bits per heavy atom. The minimum absolute atomic E-state index is 0.640. The van der Waals surface area contributed by atoms with Crippen molar-refractivity contribution in [1.82, 2.24) is 15.3 Å². The zero-order valence-electron chi connectivity index (χ0n) is 11.5. The van der Waals surface area contributed by atoms with Gasteiger partial charge < -0.3 is 15.0 Å². The first-order chi connectivity index (χ1) is 8.79. The van der Waals surface area contributed by atoms with Crippen molar-refractivity contribution in [2.24, 2.45) is 5.92 Å². The van der Waals surface area contributed by atoms with Crippen molar-refractivity contribution in [3.05, 3.63) is 17.7 Å². The van der Waals surface area contributed by atoms with Gasteiger partial charge in [-0.3, -0.25) is 0 Å². The molecule has 1 saturated carbocycles. The van der Waals surface area contributed by atoms with E-state index in [1.807, 2.05) is 6.20 Å². The van der Waals surface area contributed by atoms with Gasteiger partial charge in [0.25, 0.3) is 0 Å². The van der Waals surface area contributed by atoms with Crippen molar-refractivity contribution in [1.29, 1.82) is 0 Å². The highest BCUT2D eigenvalue weighted by Gasteiger charge is 2.22. The summed E-state index contributed by atoms with van der Waals surface area (Å²) in [6, 6.07) is 0. The van der Waals surface area contributed by atoms with Crippen LogP contribution in [-0.4, -0.2) is 30.2 Å². The Kier molecular flexibility index (Phi) is 5.20. The highest BCUT2D eigenvalue weighted by Crippen LogP contribution is 2.34. The molecule has 1 heterocycles. The van der Waals surface area contributed by atoms with E-state index in [4.69, 9.17) is 4.74 Å². The van der Waals surface area contributed by atoms with Gasteiger partial charge in [-0.05, 0) is 18.8 Å². The number of aromatic amines is 1. The third-order valence-electron chi connectivity index (χ3n) is 3.77. The minimum Gasteiger partial charge on any atom is -0.383 e. The van der Waals surface area contributed by atoms with E-state index < -0.39 is 0 Å². The molecule has 2 N–H and O–H groups in total. The molecule has 1 aliphatic rings. The number of H-pyrrole nitrogens is 1. The summed E-state index contributed by atoms with van der Waals surface area (Å²) in [4.78, 5) is 8.01. The third kappa shape index (κ3) is 3.82. The summed E-state index contributed by atoms with van der Waals surface area (Å²) in [7, 11) is 1.72. The minimum atomic E-state index is 0.640. The molecule has 0 aliphatic heterocycles. The summed E-state index contributed by atoms with van der Waals surface area (Å²) >= 11 is 0. The average Bonchev–Trinajstić information content (AvgIpc) is 2.83. The summed E-state index contributed by atoms with van der Waals surface area (Å²) < 4.78 is 5.00. The van der Waals surface area contributed by atoms with Crippen LogP contribution in [0.4, 0.5) is 0 Å². The van der Waals surface area contributed by atoms with Crippen LogP contribution in [0.5, 0.6) is 0 Å². The van der Waals surface area contributed by atoms with Gasteiger partial charge >= 0.3 is 0 Å². The quantitative estimate of drug-likeness (QED) is 0.764. The van der Waals surface area contributed by atoms with Crippen molar-refractivity contribution in [3.63, 3.8) is 0 Å². The normalized spacial score (nSPS) is 24.3. The zero-order chi connectivity index (χ0) is 12.8. The number of ether oxygens (including phenoxy) is 1. The summed E-state index contributed by atoms with van der Waals surface area (Å²) in [5, 5.41) is 3.33. The lowest BCUT2D eigenvalue weighted by Gasteiger charge is -2.25. The number of methoxy groups -OCH3 is 1. The third-order valence-corrected chi connectivity index (χ3v) is 3.77. The molecule has 0 spiro atoms. The number of imidazole rings is 1. The molecule has 4 heteroatoms. The van der Waals surface area contributed by atoms with Crippen LogP contribution in [0.25, 0.3) is 0 Å². The number of rotatable bonds is 6. The smallest absolute Gasteiger partial charge is 0.109 e. The predicted molar refractivity (Wildman–Crippen MR) is 72.5 cm³/mol. The topological polar surface area (TPSA) is 49.9 Å². The van der Waals surface area contributed by atoms with E-state index in [9.17, 15) is 0 Å². The van der Waals surface area contributed by atoms with Gasteiger partial charge in [-0.2, -0.15) is 0 Å². The van der Waals surface area contributed by atoms with E-state index in [0.717, 1.165) is 25.6 Å². The van der Waals surface area contributed by atoms with Gasteiger partial charge in [-0.25, -0.2) is 4.98 Å². The molecule has 2 atom stereocenters. The number of hydrogen-bond acceptors (Lipinski definition) is 3. The lowest BCUT2D eigenvalue weighted by molar-refractivity contribution is 0.199. The van der Waals surface area contributed by atoms with E-state index in [2.05, 4.69) is 22.2 Å². The fourth-order valence-corrected chi connectivity index (χ4v) is 2.75. The van der Waals surface area contributed by atoms with E-state index in [1.165, 1.54) is 37.2 Å². The SMILES string of the molecule is COCCNCc1cnc(C2CCCC(C)C2)[nH]1. The molecule has 2 rings (SSSR count). The van der Waals surface area contributed by atoms with Gasteiger partial charge in [-0.15, -0.1) is 0 Å². The molecule has 0 amide bonds.